The molecule has 0 spiro atoms. The van der Waals surface area contributed by atoms with Gasteiger partial charge in [-0.1, -0.05) is 28.1 Å². The highest BCUT2D eigenvalue weighted by molar-refractivity contribution is 9.10. The van der Waals surface area contributed by atoms with E-state index in [9.17, 15) is 0 Å². The Kier molecular flexibility index (Phi) is 2.09. The molecule has 0 aliphatic heterocycles. The van der Waals surface area contributed by atoms with Gasteiger partial charge in [-0.3, -0.25) is 0 Å². The molecule has 0 amide bonds. The van der Waals surface area contributed by atoms with Gasteiger partial charge in [-0.25, -0.2) is 0 Å². The van der Waals surface area contributed by atoms with Crippen molar-refractivity contribution in [3.8, 4) is 0 Å². The molecule has 13 heavy (non-hydrogen) atoms. The summed E-state index contributed by atoms with van der Waals surface area (Å²) in [5.74, 6) is 0. The van der Waals surface area contributed by atoms with Gasteiger partial charge in [0.15, 0.2) is 0 Å². The number of pyridine rings is 1. The van der Waals surface area contributed by atoms with Crippen LogP contribution in [0.1, 0.15) is 0 Å². The number of hydrogen-bond acceptors (Lipinski definition) is 2. The van der Waals surface area contributed by atoms with Crippen molar-refractivity contribution >= 4 is 44.7 Å². The minimum Gasteiger partial charge on any atom is -0.396 e. The van der Waals surface area contributed by atoms with Crippen LogP contribution < -0.4 is 5.73 Å². The number of halogens is 1. The molecule has 4 heteroatoms. The summed E-state index contributed by atoms with van der Waals surface area (Å²) in [5.41, 5.74) is 7.30. The number of hydrogen-bond donors (Lipinski definition) is 2. The number of H-pyrrole nitrogens is 1. The molecule has 0 saturated carbocycles. The third-order valence-electron chi connectivity index (χ3n) is 1.87. The lowest BCUT2D eigenvalue weighted by Crippen LogP contribution is -1.89. The fraction of sp³-hybridized carbons (Fsp3) is 0. The Morgan fingerprint density at radius 1 is 1.38 bits per heavy atom. The molecule has 2 nitrogen and oxygen atoms in total. The molecule has 1 aromatic heterocycles. The molecule has 0 unspecified atom stereocenters. The highest BCUT2D eigenvalue weighted by Crippen LogP contribution is 2.21. The van der Waals surface area contributed by atoms with E-state index in [0.29, 0.717) is 10.2 Å². The van der Waals surface area contributed by atoms with Crippen LogP contribution in [-0.2, 0) is 0 Å². The van der Waals surface area contributed by atoms with Crippen LogP contribution in [0.25, 0.3) is 10.9 Å². The van der Waals surface area contributed by atoms with Crippen molar-refractivity contribution in [2.24, 2.45) is 0 Å². The average Bonchev–Trinajstić information content (AvgIpc) is 2.12. The number of anilines is 1. The molecule has 0 aliphatic rings. The summed E-state index contributed by atoms with van der Waals surface area (Å²) in [6, 6.07) is 5.89. The Bertz CT molecular complexity index is 513. The van der Waals surface area contributed by atoms with Gasteiger partial charge in [-0.05, 0) is 18.2 Å². The average molecular weight is 255 g/mol. The zero-order chi connectivity index (χ0) is 9.42. The van der Waals surface area contributed by atoms with E-state index in [-0.39, 0.29) is 0 Å². The molecule has 0 aliphatic carbocycles. The standard InChI is InChI=1S/C9H7BrN2S/c10-5-1-2-8-6(3-5)9(13)7(11)4-12-8/h1-4H,11H2,(H,12,13). The van der Waals surface area contributed by atoms with Crippen LogP contribution in [-0.4, -0.2) is 4.98 Å². The highest BCUT2D eigenvalue weighted by atomic mass is 79.9. The van der Waals surface area contributed by atoms with Gasteiger partial charge in [0, 0.05) is 21.6 Å². The van der Waals surface area contributed by atoms with Crippen LogP contribution in [0, 0.1) is 4.51 Å². The molecule has 2 rings (SSSR count). The second kappa shape index (κ2) is 3.12. The largest absolute Gasteiger partial charge is 0.396 e. The zero-order valence-corrected chi connectivity index (χ0v) is 9.08. The first-order chi connectivity index (χ1) is 6.18. The maximum absolute atomic E-state index is 5.69. The fourth-order valence-corrected chi connectivity index (χ4v) is 1.80. The van der Waals surface area contributed by atoms with Gasteiger partial charge in [-0.2, -0.15) is 0 Å². The fourth-order valence-electron chi connectivity index (χ4n) is 1.21. The molecular weight excluding hydrogens is 248 g/mol. The third-order valence-corrected chi connectivity index (χ3v) is 2.82. The zero-order valence-electron chi connectivity index (χ0n) is 6.67. The summed E-state index contributed by atoms with van der Waals surface area (Å²) < 4.78 is 1.71. The van der Waals surface area contributed by atoms with E-state index in [1.165, 1.54) is 0 Å². The molecule has 2 aromatic rings. The Morgan fingerprint density at radius 2 is 2.15 bits per heavy atom. The van der Waals surface area contributed by atoms with E-state index in [2.05, 4.69) is 20.9 Å². The first kappa shape index (κ1) is 8.72. The second-order valence-corrected chi connectivity index (χ2v) is 4.09. The quantitative estimate of drug-likeness (QED) is 0.709. The Hall–Kier alpha value is -0.870. The minimum absolute atomic E-state index is 0.612. The van der Waals surface area contributed by atoms with E-state index in [1.807, 2.05) is 18.2 Å². The monoisotopic (exact) mass is 254 g/mol. The van der Waals surface area contributed by atoms with Gasteiger partial charge in [0.2, 0.25) is 0 Å². The molecular formula is C9H7BrN2S. The lowest BCUT2D eigenvalue weighted by Gasteiger charge is -2.00. The predicted octanol–water partition coefficient (Wildman–Crippen LogP) is 3.24. The van der Waals surface area contributed by atoms with Crippen LogP contribution in [0.15, 0.2) is 28.9 Å². The van der Waals surface area contributed by atoms with Crippen LogP contribution in [0.2, 0.25) is 0 Å². The highest BCUT2D eigenvalue weighted by Gasteiger charge is 1.98. The van der Waals surface area contributed by atoms with Crippen molar-refractivity contribution in [1.29, 1.82) is 0 Å². The number of nitrogens with one attached hydrogen (secondary N) is 1. The lowest BCUT2D eigenvalue weighted by molar-refractivity contribution is 1.40. The Morgan fingerprint density at radius 3 is 2.92 bits per heavy atom. The maximum Gasteiger partial charge on any atom is 0.0715 e. The van der Waals surface area contributed by atoms with Crippen molar-refractivity contribution in [3.05, 3.63) is 33.4 Å². The molecule has 0 bridgehead atoms. The molecule has 0 atom stereocenters. The van der Waals surface area contributed by atoms with Gasteiger partial charge >= 0.3 is 0 Å². The molecule has 3 N–H and O–H groups in total. The minimum atomic E-state index is 0.612. The molecule has 1 heterocycles. The van der Waals surface area contributed by atoms with E-state index in [0.717, 1.165) is 15.4 Å². The number of aromatic nitrogens is 1. The summed E-state index contributed by atoms with van der Waals surface area (Å²) in [6.45, 7) is 0. The first-order valence-electron chi connectivity index (χ1n) is 3.75. The van der Waals surface area contributed by atoms with Crippen LogP contribution >= 0.6 is 28.1 Å². The van der Waals surface area contributed by atoms with Crippen molar-refractivity contribution < 1.29 is 0 Å². The van der Waals surface area contributed by atoms with Crippen LogP contribution in [0.3, 0.4) is 0 Å². The number of rotatable bonds is 0. The number of benzene rings is 1. The second-order valence-electron chi connectivity index (χ2n) is 2.76. The van der Waals surface area contributed by atoms with Crippen molar-refractivity contribution in [3.63, 3.8) is 0 Å². The van der Waals surface area contributed by atoms with E-state index < -0.39 is 0 Å². The van der Waals surface area contributed by atoms with E-state index in [1.54, 1.807) is 6.20 Å². The number of aromatic amines is 1. The molecule has 1 aromatic carbocycles. The van der Waals surface area contributed by atoms with Crippen LogP contribution in [0.4, 0.5) is 5.69 Å². The molecule has 0 radical (unpaired) electrons. The summed E-state index contributed by atoms with van der Waals surface area (Å²) >= 11 is 8.58. The lowest BCUT2D eigenvalue weighted by atomic mass is 10.2. The topological polar surface area (TPSA) is 41.8 Å². The van der Waals surface area contributed by atoms with Crippen molar-refractivity contribution in [2.75, 3.05) is 5.73 Å². The van der Waals surface area contributed by atoms with Gasteiger partial charge in [0.1, 0.15) is 0 Å². The SMILES string of the molecule is Nc1c[nH]c2ccc(Br)cc2c1=S. The Labute approximate surface area is 88.9 Å². The van der Waals surface area contributed by atoms with Gasteiger partial charge in [0.05, 0.1) is 10.2 Å². The number of fused-ring (bicyclic) bond motifs is 1. The number of nitrogens with two attached hydrogens (primary N) is 1. The number of nitrogen functional groups attached to an aromatic ring is 1. The van der Waals surface area contributed by atoms with Crippen LogP contribution in [0.5, 0.6) is 0 Å². The maximum atomic E-state index is 5.69. The predicted molar refractivity (Wildman–Crippen MR) is 61.2 cm³/mol. The van der Waals surface area contributed by atoms with Gasteiger partial charge < -0.3 is 10.7 Å². The van der Waals surface area contributed by atoms with Gasteiger partial charge in [-0.15, -0.1) is 0 Å². The van der Waals surface area contributed by atoms with Gasteiger partial charge in [0.25, 0.3) is 0 Å². The molecule has 0 saturated heterocycles. The van der Waals surface area contributed by atoms with Crippen molar-refractivity contribution in [1.82, 2.24) is 4.98 Å². The Balaban J connectivity index is 2.97. The first-order valence-corrected chi connectivity index (χ1v) is 4.95. The summed E-state index contributed by atoms with van der Waals surface area (Å²) in [5, 5.41) is 0.976. The third kappa shape index (κ3) is 1.47. The summed E-state index contributed by atoms with van der Waals surface area (Å²) in [4.78, 5) is 3.07. The molecule has 0 fully saturated rings. The van der Waals surface area contributed by atoms with Crippen molar-refractivity contribution in [2.45, 2.75) is 0 Å². The molecule has 66 valence electrons. The smallest absolute Gasteiger partial charge is 0.0715 e. The van der Waals surface area contributed by atoms with E-state index in [4.69, 9.17) is 18.0 Å². The summed E-state index contributed by atoms with van der Waals surface area (Å²) in [6.07, 6.45) is 1.72. The van der Waals surface area contributed by atoms with E-state index >= 15 is 0 Å². The normalized spacial score (nSPS) is 10.5. The summed E-state index contributed by atoms with van der Waals surface area (Å²) in [7, 11) is 0.